The number of amides is 1. The largest absolute Gasteiger partial charge is 0.358 e. The van der Waals surface area contributed by atoms with Crippen molar-refractivity contribution < 1.29 is 13.2 Å². The maximum absolute atomic E-state index is 13.2. The van der Waals surface area contributed by atoms with Gasteiger partial charge in [0.1, 0.15) is 17.7 Å². The van der Waals surface area contributed by atoms with Crippen LogP contribution in [0.5, 0.6) is 0 Å². The minimum Gasteiger partial charge on any atom is -0.358 e. The maximum atomic E-state index is 13.2. The minimum absolute atomic E-state index is 0.0760. The standard InChI is InChI=1S/C30H39N7O3S/c1-22(2)28(30(38)31-3)34-29-25-13-7-8-14-26(25)32-27(33-29)21-36-18-16-35(17-19-36)20-23-10-9-15-37(23)41(39,40)24-11-5-4-6-12-24/h4-9,11-15,22-23,28H,10,16-21H2,1-3H3,(H,31,38)(H,32,33,34)/t23?,28-/m0/s1. The van der Waals surface area contributed by atoms with Crippen LogP contribution in [0.15, 0.2) is 71.8 Å². The molecule has 5 rings (SSSR count). The highest BCUT2D eigenvalue weighted by atomic mass is 32.2. The van der Waals surface area contributed by atoms with E-state index in [1.165, 1.54) is 4.31 Å². The van der Waals surface area contributed by atoms with E-state index in [1.54, 1.807) is 37.5 Å². The molecule has 1 saturated heterocycles. The lowest BCUT2D eigenvalue weighted by Crippen LogP contribution is -2.50. The van der Waals surface area contributed by atoms with Gasteiger partial charge in [0, 0.05) is 51.4 Å². The van der Waals surface area contributed by atoms with Gasteiger partial charge >= 0.3 is 0 Å². The number of anilines is 1. The number of aromatic nitrogens is 2. The Kier molecular flexibility index (Phi) is 8.86. The number of rotatable bonds is 10. The Hall–Kier alpha value is -3.54. The molecule has 3 aromatic rings. The van der Waals surface area contributed by atoms with Gasteiger partial charge in [0.15, 0.2) is 0 Å². The molecule has 2 aliphatic rings. The van der Waals surface area contributed by atoms with Gasteiger partial charge < -0.3 is 10.6 Å². The molecule has 2 aliphatic heterocycles. The highest BCUT2D eigenvalue weighted by Gasteiger charge is 2.33. The van der Waals surface area contributed by atoms with E-state index >= 15 is 0 Å². The summed E-state index contributed by atoms with van der Waals surface area (Å²) in [5.41, 5.74) is 0.839. The van der Waals surface area contributed by atoms with Crippen LogP contribution < -0.4 is 10.6 Å². The van der Waals surface area contributed by atoms with Crippen molar-refractivity contribution in [3.05, 3.63) is 72.7 Å². The summed E-state index contributed by atoms with van der Waals surface area (Å²) in [6, 6.07) is 16.0. The van der Waals surface area contributed by atoms with Crippen molar-refractivity contribution in [2.75, 3.05) is 45.1 Å². The molecule has 10 nitrogen and oxygen atoms in total. The van der Waals surface area contributed by atoms with Gasteiger partial charge in [-0.15, -0.1) is 0 Å². The number of para-hydroxylation sites is 1. The number of nitrogens with zero attached hydrogens (tertiary/aromatic N) is 5. The van der Waals surface area contributed by atoms with Crippen LogP contribution in [0.4, 0.5) is 5.82 Å². The summed E-state index contributed by atoms with van der Waals surface area (Å²) >= 11 is 0. The fourth-order valence-corrected chi connectivity index (χ4v) is 7.00. The summed E-state index contributed by atoms with van der Waals surface area (Å²) in [6.45, 7) is 8.63. The zero-order chi connectivity index (χ0) is 29.0. The minimum atomic E-state index is -3.57. The molecular formula is C30H39N7O3S. The Bertz CT molecular complexity index is 1490. The first kappa shape index (κ1) is 29.0. The molecule has 3 heterocycles. The molecule has 0 bridgehead atoms. The average molecular weight is 578 g/mol. The summed E-state index contributed by atoms with van der Waals surface area (Å²) in [4.78, 5) is 27.2. The summed E-state index contributed by atoms with van der Waals surface area (Å²) < 4.78 is 28.0. The van der Waals surface area contributed by atoms with Crippen molar-refractivity contribution in [2.45, 2.75) is 43.8 Å². The molecule has 0 saturated carbocycles. The fourth-order valence-electron chi connectivity index (χ4n) is 5.46. The quantitative estimate of drug-likeness (QED) is 0.379. The Balaban J connectivity index is 1.23. The van der Waals surface area contributed by atoms with Crippen molar-refractivity contribution in [1.82, 2.24) is 29.4 Å². The molecule has 41 heavy (non-hydrogen) atoms. The van der Waals surface area contributed by atoms with Crippen molar-refractivity contribution in [3.63, 3.8) is 0 Å². The Labute approximate surface area is 242 Å². The van der Waals surface area contributed by atoms with E-state index in [-0.39, 0.29) is 17.9 Å². The van der Waals surface area contributed by atoms with Gasteiger partial charge in [0.25, 0.3) is 10.0 Å². The topological polar surface area (TPSA) is 111 Å². The number of likely N-dealkylation sites (N-methyl/N-ethyl adjacent to an activating group) is 1. The van der Waals surface area contributed by atoms with E-state index in [0.29, 0.717) is 36.0 Å². The van der Waals surface area contributed by atoms with Crippen LogP contribution in [0.1, 0.15) is 26.1 Å². The van der Waals surface area contributed by atoms with E-state index in [2.05, 4.69) is 20.4 Å². The van der Waals surface area contributed by atoms with Crippen LogP contribution in [0.2, 0.25) is 0 Å². The number of piperazine rings is 1. The molecule has 0 aliphatic carbocycles. The van der Waals surface area contributed by atoms with E-state index in [1.807, 2.05) is 50.3 Å². The van der Waals surface area contributed by atoms with Crippen LogP contribution in [-0.4, -0.2) is 90.3 Å². The molecule has 2 N–H and O–H groups in total. The molecule has 218 valence electrons. The van der Waals surface area contributed by atoms with E-state index in [4.69, 9.17) is 9.97 Å². The third-order valence-corrected chi connectivity index (χ3v) is 9.62. The Morgan fingerprint density at radius 2 is 1.66 bits per heavy atom. The summed E-state index contributed by atoms with van der Waals surface area (Å²) in [5, 5.41) is 7.01. The molecule has 2 aromatic carbocycles. The fraction of sp³-hybridized carbons (Fsp3) is 0.433. The number of nitrogens with one attached hydrogen (secondary N) is 2. The number of sulfonamides is 1. The monoisotopic (exact) mass is 577 g/mol. The van der Waals surface area contributed by atoms with Crippen molar-refractivity contribution in [3.8, 4) is 0 Å². The molecule has 1 amide bonds. The smallest absolute Gasteiger partial charge is 0.264 e. The highest BCUT2D eigenvalue weighted by molar-refractivity contribution is 7.89. The molecular weight excluding hydrogens is 538 g/mol. The van der Waals surface area contributed by atoms with Crippen LogP contribution in [0.25, 0.3) is 10.9 Å². The van der Waals surface area contributed by atoms with Crippen LogP contribution in [0.3, 0.4) is 0 Å². The number of carbonyl (C=O) groups is 1. The SMILES string of the molecule is CNC(=O)[C@@H](Nc1nc(CN2CCN(CC3CC=CN3S(=O)(=O)c3ccccc3)CC2)nc2ccccc12)C(C)C. The molecule has 0 radical (unpaired) electrons. The Morgan fingerprint density at radius 1 is 0.976 bits per heavy atom. The molecule has 1 fully saturated rings. The lowest BCUT2D eigenvalue weighted by molar-refractivity contribution is -0.122. The second-order valence-electron chi connectivity index (χ2n) is 11.0. The van der Waals surface area contributed by atoms with Crippen LogP contribution in [0, 0.1) is 5.92 Å². The zero-order valence-corrected chi connectivity index (χ0v) is 24.7. The molecule has 1 unspecified atom stereocenters. The summed E-state index contributed by atoms with van der Waals surface area (Å²) in [5.74, 6) is 1.38. The lowest BCUT2D eigenvalue weighted by Gasteiger charge is -2.37. The summed E-state index contributed by atoms with van der Waals surface area (Å²) in [7, 11) is -1.93. The van der Waals surface area contributed by atoms with Gasteiger partial charge in [0.2, 0.25) is 5.91 Å². The third kappa shape index (κ3) is 6.52. The third-order valence-electron chi connectivity index (χ3n) is 7.78. The number of hydrogen-bond donors (Lipinski definition) is 2. The van der Waals surface area contributed by atoms with Crippen molar-refractivity contribution >= 4 is 32.7 Å². The van der Waals surface area contributed by atoms with Gasteiger partial charge in [-0.05, 0) is 36.6 Å². The van der Waals surface area contributed by atoms with Crippen LogP contribution >= 0.6 is 0 Å². The van der Waals surface area contributed by atoms with E-state index < -0.39 is 16.1 Å². The second kappa shape index (κ2) is 12.5. The van der Waals surface area contributed by atoms with E-state index in [0.717, 1.165) is 37.1 Å². The first-order valence-electron chi connectivity index (χ1n) is 14.2. The number of carbonyl (C=O) groups excluding carboxylic acids is 1. The van der Waals surface area contributed by atoms with E-state index in [9.17, 15) is 13.2 Å². The van der Waals surface area contributed by atoms with Gasteiger partial charge in [-0.1, -0.05) is 50.3 Å². The number of hydrogen-bond acceptors (Lipinski definition) is 8. The van der Waals surface area contributed by atoms with Gasteiger partial charge in [-0.25, -0.2) is 18.4 Å². The first-order valence-corrected chi connectivity index (χ1v) is 15.6. The number of fused-ring (bicyclic) bond motifs is 1. The molecule has 2 atom stereocenters. The second-order valence-corrected chi connectivity index (χ2v) is 12.8. The zero-order valence-electron chi connectivity index (χ0n) is 23.9. The predicted molar refractivity (Wildman–Crippen MR) is 161 cm³/mol. The van der Waals surface area contributed by atoms with Gasteiger partial charge in [-0.2, -0.15) is 0 Å². The highest BCUT2D eigenvalue weighted by Crippen LogP contribution is 2.26. The predicted octanol–water partition coefficient (Wildman–Crippen LogP) is 2.91. The van der Waals surface area contributed by atoms with Crippen molar-refractivity contribution in [2.24, 2.45) is 5.92 Å². The lowest BCUT2D eigenvalue weighted by atomic mass is 10.0. The normalized spacial score (nSPS) is 19.1. The number of benzene rings is 2. The maximum Gasteiger partial charge on any atom is 0.264 e. The Morgan fingerprint density at radius 3 is 2.37 bits per heavy atom. The van der Waals surface area contributed by atoms with Gasteiger partial charge in [-0.3, -0.25) is 18.9 Å². The first-order chi connectivity index (χ1) is 19.8. The molecule has 1 aromatic heterocycles. The van der Waals surface area contributed by atoms with Gasteiger partial charge in [0.05, 0.1) is 23.0 Å². The molecule has 0 spiro atoms. The average Bonchev–Trinajstić information content (AvgIpc) is 3.46. The summed E-state index contributed by atoms with van der Waals surface area (Å²) in [6.07, 6.45) is 4.36. The molecule has 11 heteroatoms. The van der Waals surface area contributed by atoms with Crippen LogP contribution in [-0.2, 0) is 21.4 Å². The van der Waals surface area contributed by atoms with Crippen molar-refractivity contribution in [1.29, 1.82) is 0 Å².